The zero-order valence-electron chi connectivity index (χ0n) is 18.9. The number of aryl methyl sites for hydroxylation is 4. The van der Waals surface area contributed by atoms with E-state index in [0.717, 1.165) is 51.4 Å². The summed E-state index contributed by atoms with van der Waals surface area (Å²) in [6.07, 6.45) is 9.74. The van der Waals surface area contributed by atoms with Crippen LogP contribution in [-0.4, -0.2) is 24.3 Å². The van der Waals surface area contributed by atoms with Gasteiger partial charge in [-0.15, -0.1) is 0 Å². The molecule has 170 valence electrons. The van der Waals surface area contributed by atoms with Gasteiger partial charge < -0.3 is 0 Å². The molecule has 0 saturated heterocycles. The minimum Gasteiger partial charge on any atom is -0.297 e. The van der Waals surface area contributed by atoms with Crippen LogP contribution >= 0.6 is 0 Å². The summed E-state index contributed by atoms with van der Waals surface area (Å²) in [7, 11) is 0. The lowest BCUT2D eigenvalue weighted by molar-refractivity contribution is 0.151. The number of imidazole rings is 1. The van der Waals surface area contributed by atoms with Crippen LogP contribution in [0.4, 0.5) is 8.78 Å². The first-order valence-electron chi connectivity index (χ1n) is 11.1. The van der Waals surface area contributed by atoms with Gasteiger partial charge in [-0.05, 0) is 55.5 Å². The highest BCUT2D eigenvalue weighted by Gasteiger charge is 2.14. The Balaban J connectivity index is 1.39. The summed E-state index contributed by atoms with van der Waals surface area (Å²) >= 11 is 0. The van der Waals surface area contributed by atoms with Crippen molar-refractivity contribution < 1.29 is 8.78 Å². The molecule has 1 aromatic carbocycles. The number of aromatic nitrogens is 5. The van der Waals surface area contributed by atoms with Crippen LogP contribution in [-0.2, 0) is 12.8 Å². The normalized spacial score (nSPS) is 11.4. The van der Waals surface area contributed by atoms with Crippen LogP contribution in [0.25, 0.3) is 28.2 Å². The third kappa shape index (κ3) is 4.29. The zero-order valence-corrected chi connectivity index (χ0v) is 18.9. The number of benzene rings is 1. The van der Waals surface area contributed by atoms with Gasteiger partial charge in [0, 0.05) is 47.7 Å². The van der Waals surface area contributed by atoms with Gasteiger partial charge in [-0.1, -0.05) is 24.3 Å². The number of alkyl halides is 2. The van der Waals surface area contributed by atoms with Gasteiger partial charge in [0.15, 0.2) is 5.65 Å². The number of pyridine rings is 2. The second-order valence-electron chi connectivity index (χ2n) is 8.40. The number of nitrogens with zero attached hydrogens (tertiary/aromatic N) is 5. The van der Waals surface area contributed by atoms with Gasteiger partial charge in [0.05, 0.1) is 23.3 Å². The van der Waals surface area contributed by atoms with Gasteiger partial charge in [0.25, 0.3) is 6.43 Å². The van der Waals surface area contributed by atoms with E-state index in [1.54, 1.807) is 18.5 Å². The smallest absolute Gasteiger partial charge is 0.263 e. The van der Waals surface area contributed by atoms with Gasteiger partial charge in [0.1, 0.15) is 0 Å². The molecular weight excluding hydrogens is 432 g/mol. The molecule has 0 aliphatic carbocycles. The molecule has 5 rings (SSSR count). The van der Waals surface area contributed by atoms with Gasteiger partial charge in [-0.2, -0.15) is 0 Å². The highest BCUT2D eigenvalue weighted by atomic mass is 19.3. The van der Waals surface area contributed by atoms with Crippen molar-refractivity contribution in [1.82, 2.24) is 24.3 Å². The Morgan fingerprint density at radius 1 is 0.882 bits per heavy atom. The van der Waals surface area contributed by atoms with Crippen LogP contribution in [0.5, 0.6) is 0 Å². The maximum atomic E-state index is 13.2. The van der Waals surface area contributed by atoms with Crippen LogP contribution in [0.2, 0.25) is 0 Å². The Hall–Kier alpha value is -4.00. The summed E-state index contributed by atoms with van der Waals surface area (Å²) in [5, 5.41) is 0. The van der Waals surface area contributed by atoms with Gasteiger partial charge >= 0.3 is 0 Å². The molecule has 0 fully saturated rings. The number of hydrogen-bond donors (Lipinski definition) is 0. The molecule has 4 heterocycles. The van der Waals surface area contributed by atoms with E-state index in [-0.39, 0.29) is 5.56 Å². The summed E-state index contributed by atoms with van der Waals surface area (Å²) in [6, 6.07) is 10.6. The molecule has 0 N–H and O–H groups in total. The number of fused-ring (bicyclic) bond motifs is 1. The van der Waals surface area contributed by atoms with E-state index in [9.17, 15) is 8.78 Å². The first kappa shape index (κ1) is 21.8. The van der Waals surface area contributed by atoms with E-state index in [4.69, 9.17) is 0 Å². The molecule has 0 aliphatic rings. The molecule has 34 heavy (non-hydrogen) atoms. The molecular formula is C27H23F2N5. The molecule has 0 radical (unpaired) electrons. The minimum atomic E-state index is -2.51. The average Bonchev–Trinajstić information content (AvgIpc) is 3.28. The summed E-state index contributed by atoms with van der Waals surface area (Å²) in [6.45, 7) is 4.08. The summed E-state index contributed by atoms with van der Waals surface area (Å²) in [5.74, 6) is 0. The van der Waals surface area contributed by atoms with Gasteiger partial charge in [-0.3, -0.25) is 19.4 Å². The van der Waals surface area contributed by atoms with Gasteiger partial charge in [0.2, 0.25) is 0 Å². The van der Waals surface area contributed by atoms with E-state index >= 15 is 0 Å². The van der Waals surface area contributed by atoms with Crippen molar-refractivity contribution in [3.8, 4) is 22.5 Å². The molecule has 5 aromatic rings. The molecule has 0 spiro atoms. The standard InChI is InChI=1S/C27H23F2N5/c1-17-10-22(15-30-13-17)25-18(2)11-19(14-32-25)6-7-23-27-33-16-24(34(27)9-8-31-23)20-4-3-5-21(12-20)26(28)29/h3-5,8-16,26H,6-7H2,1-2H3. The lowest BCUT2D eigenvalue weighted by atomic mass is 10.0. The molecule has 0 bridgehead atoms. The molecule has 0 atom stereocenters. The van der Waals surface area contributed by atoms with Crippen molar-refractivity contribution in [3.63, 3.8) is 0 Å². The van der Waals surface area contributed by atoms with Crippen molar-refractivity contribution in [3.05, 3.63) is 102 Å². The number of hydrogen-bond acceptors (Lipinski definition) is 4. The predicted molar refractivity (Wildman–Crippen MR) is 128 cm³/mol. The fourth-order valence-electron chi connectivity index (χ4n) is 4.22. The van der Waals surface area contributed by atoms with Crippen LogP contribution in [0.15, 0.2) is 73.6 Å². The van der Waals surface area contributed by atoms with Crippen molar-refractivity contribution in [2.24, 2.45) is 0 Å². The fraction of sp³-hybridized carbons (Fsp3) is 0.185. The van der Waals surface area contributed by atoms with Crippen molar-refractivity contribution >= 4 is 5.65 Å². The Labute approximate surface area is 196 Å². The molecule has 0 aliphatic heterocycles. The van der Waals surface area contributed by atoms with Crippen LogP contribution in [0.1, 0.15) is 34.4 Å². The number of rotatable bonds is 6. The van der Waals surface area contributed by atoms with Gasteiger partial charge in [-0.25, -0.2) is 13.8 Å². The third-order valence-electron chi connectivity index (χ3n) is 5.87. The minimum absolute atomic E-state index is 0.00510. The molecule has 0 amide bonds. The molecule has 5 nitrogen and oxygen atoms in total. The van der Waals surface area contributed by atoms with Crippen LogP contribution in [0.3, 0.4) is 0 Å². The highest BCUT2D eigenvalue weighted by Crippen LogP contribution is 2.27. The predicted octanol–water partition coefficient (Wildman–Crippen LogP) is 6.19. The summed E-state index contributed by atoms with van der Waals surface area (Å²) < 4.78 is 28.2. The van der Waals surface area contributed by atoms with Crippen molar-refractivity contribution in [2.75, 3.05) is 0 Å². The number of halogens is 2. The van der Waals surface area contributed by atoms with Crippen molar-refractivity contribution in [1.29, 1.82) is 0 Å². The SMILES string of the molecule is Cc1cncc(-c2ncc(CCc3nccn4c(-c5cccc(C(F)F)c5)cnc34)cc2C)c1. The van der Waals surface area contributed by atoms with E-state index in [1.165, 1.54) is 12.1 Å². The molecule has 0 saturated carbocycles. The van der Waals surface area contributed by atoms with Crippen molar-refractivity contribution in [2.45, 2.75) is 33.1 Å². The quantitative estimate of drug-likeness (QED) is 0.306. The van der Waals surface area contributed by atoms with Crippen LogP contribution in [0, 0.1) is 13.8 Å². The Kier molecular flexibility index (Phi) is 5.84. The lowest BCUT2D eigenvalue weighted by Gasteiger charge is -2.09. The molecule has 7 heteroatoms. The second kappa shape index (κ2) is 9.09. The molecule has 4 aromatic heterocycles. The zero-order chi connectivity index (χ0) is 23.7. The topological polar surface area (TPSA) is 56.0 Å². The Morgan fingerprint density at radius 3 is 2.56 bits per heavy atom. The second-order valence-corrected chi connectivity index (χ2v) is 8.40. The van der Waals surface area contributed by atoms with E-state index in [2.05, 4.69) is 39.0 Å². The Morgan fingerprint density at radius 2 is 1.76 bits per heavy atom. The Bertz CT molecular complexity index is 1480. The third-order valence-corrected chi connectivity index (χ3v) is 5.87. The first-order valence-corrected chi connectivity index (χ1v) is 11.1. The lowest BCUT2D eigenvalue weighted by Crippen LogP contribution is -2.01. The summed E-state index contributed by atoms with van der Waals surface area (Å²) in [5.41, 5.74) is 8.28. The maximum Gasteiger partial charge on any atom is 0.263 e. The highest BCUT2D eigenvalue weighted by molar-refractivity contribution is 5.65. The van der Waals surface area contributed by atoms with Crippen LogP contribution < -0.4 is 0 Å². The monoisotopic (exact) mass is 455 g/mol. The summed E-state index contributed by atoms with van der Waals surface area (Å²) in [4.78, 5) is 18.1. The van der Waals surface area contributed by atoms with E-state index in [0.29, 0.717) is 12.0 Å². The van der Waals surface area contributed by atoms with E-state index in [1.807, 2.05) is 42.2 Å². The average molecular weight is 456 g/mol. The molecule has 0 unspecified atom stereocenters. The maximum absolute atomic E-state index is 13.2. The fourth-order valence-corrected chi connectivity index (χ4v) is 4.22. The van der Waals surface area contributed by atoms with E-state index < -0.39 is 6.43 Å². The largest absolute Gasteiger partial charge is 0.297 e. The first-order chi connectivity index (χ1) is 16.5.